The lowest BCUT2D eigenvalue weighted by Gasteiger charge is -2.17. The van der Waals surface area contributed by atoms with E-state index in [1.165, 1.54) is 17.0 Å². The largest absolute Gasteiger partial charge is 0.292 e. The Bertz CT molecular complexity index is 2580. The third-order valence-electron chi connectivity index (χ3n) is 8.91. The van der Waals surface area contributed by atoms with Gasteiger partial charge in [-0.05, 0) is 64.7 Å². The van der Waals surface area contributed by atoms with Crippen LogP contribution in [0.1, 0.15) is 0 Å². The molecule has 0 fully saturated rings. The molecule has 0 bridgehead atoms. The fourth-order valence-corrected chi connectivity index (χ4v) is 7.93. The minimum absolute atomic E-state index is 0.213. The molecule has 0 spiro atoms. The van der Waals surface area contributed by atoms with Crippen LogP contribution in [0.25, 0.3) is 81.7 Å². The van der Waals surface area contributed by atoms with E-state index < -0.39 is 0 Å². The van der Waals surface area contributed by atoms with Crippen molar-refractivity contribution in [1.82, 2.24) is 9.55 Å². The van der Waals surface area contributed by atoms with Gasteiger partial charge in [-0.3, -0.25) is 4.57 Å². The average Bonchev–Trinajstić information content (AvgIpc) is 3.71. The highest BCUT2D eigenvalue weighted by Crippen LogP contribution is 2.43. The lowest BCUT2D eigenvalue weighted by Crippen LogP contribution is -2.01. The van der Waals surface area contributed by atoms with E-state index in [0.29, 0.717) is 5.56 Å². The van der Waals surface area contributed by atoms with Crippen molar-refractivity contribution < 1.29 is 4.39 Å². The highest BCUT2D eigenvalue weighted by atomic mass is 32.1. The number of fused-ring (bicyclic) bond motifs is 4. The third-order valence-corrected chi connectivity index (χ3v) is 10.1. The van der Waals surface area contributed by atoms with E-state index >= 15 is 0 Å². The molecule has 9 aromatic rings. The molecule has 0 atom stereocenters. The maximum atomic E-state index is 14.7. The second-order valence-electron chi connectivity index (χ2n) is 11.7. The van der Waals surface area contributed by atoms with Crippen LogP contribution in [0.5, 0.6) is 0 Å². The Hall–Kier alpha value is -5.84. The molecule has 0 amide bonds. The van der Waals surface area contributed by atoms with Crippen LogP contribution in [-0.4, -0.2) is 9.55 Å². The lowest BCUT2D eigenvalue weighted by molar-refractivity contribution is 0.631. The Morgan fingerprint density at radius 1 is 0.489 bits per heavy atom. The van der Waals surface area contributed by atoms with Crippen molar-refractivity contribution in [2.24, 2.45) is 0 Å². The van der Waals surface area contributed by atoms with Crippen LogP contribution < -0.4 is 0 Å². The van der Waals surface area contributed by atoms with E-state index in [1.807, 2.05) is 24.3 Å². The van der Waals surface area contributed by atoms with Gasteiger partial charge in [-0.15, -0.1) is 11.3 Å². The predicted octanol–water partition coefficient (Wildman–Crippen LogP) is 12.2. The Labute approximate surface area is 275 Å². The van der Waals surface area contributed by atoms with E-state index in [-0.39, 0.29) is 5.82 Å². The molecule has 0 saturated heterocycles. The van der Waals surface area contributed by atoms with Gasteiger partial charge in [0.15, 0.2) is 0 Å². The standard InChI is InChI=1S/C43H27FN2S/c44-37-19-8-7-16-32(37)31-22-24-33-34-17-11-18-35(42(34)47-41(33)27-31)43-45-38-20-9-10-21-40(38)46(43)39-25-23-30(28-12-3-1-4-13-28)26-36(39)29-14-5-2-6-15-29/h1-27H. The highest BCUT2D eigenvalue weighted by Gasteiger charge is 2.21. The maximum Gasteiger partial charge on any atom is 0.147 e. The second-order valence-corrected chi connectivity index (χ2v) is 12.8. The topological polar surface area (TPSA) is 17.8 Å². The summed E-state index contributed by atoms with van der Waals surface area (Å²) in [6.07, 6.45) is 0. The molecule has 0 unspecified atom stereocenters. The van der Waals surface area contributed by atoms with Gasteiger partial charge in [-0.25, -0.2) is 9.37 Å². The van der Waals surface area contributed by atoms with Crippen LogP contribution in [0, 0.1) is 5.82 Å². The first-order valence-electron chi connectivity index (χ1n) is 15.7. The number of hydrogen-bond donors (Lipinski definition) is 0. The van der Waals surface area contributed by atoms with Crippen molar-refractivity contribution in [1.29, 1.82) is 0 Å². The van der Waals surface area contributed by atoms with Crippen LogP contribution in [0.3, 0.4) is 0 Å². The summed E-state index contributed by atoms with van der Waals surface area (Å²) in [6.45, 7) is 0. The summed E-state index contributed by atoms with van der Waals surface area (Å²) in [6, 6.07) is 55.9. The Morgan fingerprint density at radius 3 is 2.02 bits per heavy atom. The molecule has 9 rings (SSSR count). The van der Waals surface area contributed by atoms with Gasteiger partial charge >= 0.3 is 0 Å². The van der Waals surface area contributed by atoms with E-state index in [4.69, 9.17) is 4.98 Å². The van der Waals surface area contributed by atoms with Crippen LogP contribution in [0.15, 0.2) is 164 Å². The zero-order chi connectivity index (χ0) is 31.3. The van der Waals surface area contributed by atoms with E-state index in [9.17, 15) is 4.39 Å². The highest BCUT2D eigenvalue weighted by molar-refractivity contribution is 7.26. The molecule has 0 radical (unpaired) electrons. The number of imidazole rings is 1. The normalized spacial score (nSPS) is 11.5. The number of rotatable bonds is 5. The van der Waals surface area contributed by atoms with E-state index in [1.54, 1.807) is 17.4 Å². The van der Waals surface area contributed by atoms with Crippen LogP contribution >= 0.6 is 11.3 Å². The summed E-state index contributed by atoms with van der Waals surface area (Å²) >= 11 is 1.74. The van der Waals surface area contributed by atoms with Gasteiger partial charge in [0.1, 0.15) is 11.6 Å². The molecule has 0 aliphatic heterocycles. The first-order chi connectivity index (χ1) is 23.2. The Morgan fingerprint density at radius 2 is 1.19 bits per heavy atom. The first kappa shape index (κ1) is 27.5. The zero-order valence-corrected chi connectivity index (χ0v) is 26.1. The van der Waals surface area contributed by atoms with Crippen molar-refractivity contribution in [3.05, 3.63) is 170 Å². The van der Waals surface area contributed by atoms with Gasteiger partial charge in [0.2, 0.25) is 0 Å². The van der Waals surface area contributed by atoms with Gasteiger partial charge in [-0.1, -0.05) is 121 Å². The summed E-state index contributed by atoms with van der Waals surface area (Å²) < 4.78 is 19.3. The average molecular weight is 623 g/mol. The summed E-state index contributed by atoms with van der Waals surface area (Å²) in [4.78, 5) is 5.29. The SMILES string of the molecule is Fc1ccccc1-c1ccc2c(c1)sc1c(-c3nc4ccccc4n3-c3ccc(-c4ccccc4)cc3-c3ccccc3)cccc12. The minimum Gasteiger partial charge on any atom is -0.292 e. The molecule has 0 saturated carbocycles. The summed E-state index contributed by atoms with van der Waals surface area (Å²) in [5.41, 5.74) is 10.2. The van der Waals surface area contributed by atoms with E-state index in [0.717, 1.165) is 65.1 Å². The quantitative estimate of drug-likeness (QED) is 0.187. The van der Waals surface area contributed by atoms with Crippen molar-refractivity contribution in [3.63, 3.8) is 0 Å². The smallest absolute Gasteiger partial charge is 0.147 e. The fourth-order valence-electron chi connectivity index (χ4n) is 6.68. The van der Waals surface area contributed by atoms with Crippen molar-refractivity contribution >= 4 is 42.5 Å². The molecule has 2 heterocycles. The minimum atomic E-state index is -0.213. The molecule has 0 aliphatic rings. The van der Waals surface area contributed by atoms with Gasteiger partial charge in [0, 0.05) is 36.9 Å². The van der Waals surface area contributed by atoms with Crippen LogP contribution in [0.4, 0.5) is 4.39 Å². The number of thiophene rings is 1. The molecule has 0 N–H and O–H groups in total. The fraction of sp³-hybridized carbons (Fsp3) is 0. The number of halogens is 1. The summed E-state index contributed by atoms with van der Waals surface area (Å²) in [5, 5.41) is 2.33. The second kappa shape index (κ2) is 11.2. The third kappa shape index (κ3) is 4.65. The van der Waals surface area contributed by atoms with Crippen LogP contribution in [-0.2, 0) is 0 Å². The molecule has 47 heavy (non-hydrogen) atoms. The first-order valence-corrected chi connectivity index (χ1v) is 16.5. The number of hydrogen-bond acceptors (Lipinski definition) is 2. The number of para-hydroxylation sites is 2. The van der Waals surface area contributed by atoms with E-state index in [2.05, 4.69) is 132 Å². The molecule has 2 nitrogen and oxygen atoms in total. The zero-order valence-electron chi connectivity index (χ0n) is 25.3. The Balaban J connectivity index is 1.30. The van der Waals surface area contributed by atoms with Gasteiger partial charge in [-0.2, -0.15) is 0 Å². The van der Waals surface area contributed by atoms with Gasteiger partial charge < -0.3 is 0 Å². The number of benzene rings is 7. The molecule has 7 aromatic carbocycles. The molecular formula is C43H27FN2S. The maximum absolute atomic E-state index is 14.7. The van der Waals surface area contributed by atoms with Crippen molar-refractivity contribution in [3.8, 4) is 50.5 Å². The molecule has 4 heteroatoms. The van der Waals surface area contributed by atoms with Crippen LogP contribution in [0.2, 0.25) is 0 Å². The number of aromatic nitrogens is 2. The Kier molecular flexibility index (Phi) is 6.54. The number of nitrogens with zero attached hydrogens (tertiary/aromatic N) is 2. The van der Waals surface area contributed by atoms with Crippen molar-refractivity contribution in [2.45, 2.75) is 0 Å². The molecule has 222 valence electrons. The molecular weight excluding hydrogens is 596 g/mol. The van der Waals surface area contributed by atoms with Crippen molar-refractivity contribution in [2.75, 3.05) is 0 Å². The summed E-state index contributed by atoms with van der Waals surface area (Å²) in [7, 11) is 0. The van der Waals surface area contributed by atoms with Gasteiger partial charge in [0.25, 0.3) is 0 Å². The lowest BCUT2D eigenvalue weighted by atomic mass is 9.97. The molecule has 2 aromatic heterocycles. The monoisotopic (exact) mass is 622 g/mol. The van der Waals surface area contributed by atoms with Gasteiger partial charge in [0.05, 0.1) is 16.7 Å². The molecule has 0 aliphatic carbocycles. The predicted molar refractivity (Wildman–Crippen MR) is 196 cm³/mol. The summed E-state index contributed by atoms with van der Waals surface area (Å²) in [5.74, 6) is 0.678.